The quantitative estimate of drug-likeness (QED) is 0.534. The number of ether oxygens (including phenoxy) is 2. The van der Waals surface area contributed by atoms with E-state index in [1.54, 1.807) is 18.2 Å². The van der Waals surface area contributed by atoms with Gasteiger partial charge in [0.25, 0.3) is 5.91 Å². The molecule has 1 unspecified atom stereocenters. The second-order valence-electron chi connectivity index (χ2n) is 7.82. The number of nitrogens with one attached hydrogen (secondary N) is 2. The molecule has 1 atom stereocenters. The van der Waals surface area contributed by atoms with Gasteiger partial charge in [-0.25, -0.2) is 4.98 Å². The average Bonchev–Trinajstić information content (AvgIpc) is 3.52. The molecule has 2 aliphatic rings. The summed E-state index contributed by atoms with van der Waals surface area (Å²) in [6.07, 6.45) is 3.39. The molecule has 2 amide bonds. The fourth-order valence-corrected chi connectivity index (χ4v) is 5.05. The Morgan fingerprint density at radius 3 is 2.81 bits per heavy atom. The largest absolute Gasteiger partial charge is 0.454 e. The molecule has 1 aliphatic carbocycles. The highest BCUT2D eigenvalue weighted by Crippen LogP contribution is 2.39. The molecule has 1 aromatic heterocycles. The smallest absolute Gasteiger partial charge is 0.257 e. The fourth-order valence-electron chi connectivity index (χ4n) is 4.01. The molecule has 3 aromatic rings. The second-order valence-corrected chi connectivity index (χ2v) is 8.90. The van der Waals surface area contributed by atoms with Crippen LogP contribution in [0.3, 0.4) is 0 Å². The van der Waals surface area contributed by atoms with E-state index < -0.39 is 0 Å². The summed E-state index contributed by atoms with van der Waals surface area (Å²) in [6.45, 7) is 0.798. The maximum Gasteiger partial charge on any atom is 0.257 e. The number of aryl methyl sites for hydroxylation is 2. The summed E-state index contributed by atoms with van der Waals surface area (Å²) in [5.74, 6) is 0.679. The summed E-state index contributed by atoms with van der Waals surface area (Å²) < 4.78 is 10.6. The van der Waals surface area contributed by atoms with Crippen LogP contribution in [0.15, 0.2) is 48.5 Å². The first-order chi connectivity index (χ1) is 15.7. The van der Waals surface area contributed by atoms with E-state index in [0.717, 1.165) is 36.3 Å². The Balaban J connectivity index is 1.17. The zero-order valence-corrected chi connectivity index (χ0v) is 18.2. The summed E-state index contributed by atoms with van der Waals surface area (Å²) in [7, 11) is 0. The van der Waals surface area contributed by atoms with Crippen LogP contribution in [-0.4, -0.2) is 30.1 Å². The van der Waals surface area contributed by atoms with Crippen LogP contribution in [0.25, 0.3) is 0 Å². The Kier molecular flexibility index (Phi) is 5.77. The lowest BCUT2D eigenvalue weighted by Crippen LogP contribution is -2.29. The third kappa shape index (κ3) is 4.31. The third-order valence-corrected chi connectivity index (χ3v) is 6.72. The maximum absolute atomic E-state index is 12.7. The van der Waals surface area contributed by atoms with Gasteiger partial charge in [-0.15, -0.1) is 11.3 Å². The molecular formula is C24H23N3O4S. The minimum Gasteiger partial charge on any atom is -0.454 e. The van der Waals surface area contributed by atoms with E-state index >= 15 is 0 Å². The lowest BCUT2D eigenvalue weighted by molar-refractivity contribution is -0.122. The number of benzene rings is 2. The van der Waals surface area contributed by atoms with Crippen LogP contribution in [0.1, 0.15) is 45.3 Å². The van der Waals surface area contributed by atoms with Gasteiger partial charge in [-0.1, -0.05) is 30.3 Å². The molecule has 0 radical (unpaired) electrons. The van der Waals surface area contributed by atoms with E-state index in [1.807, 2.05) is 18.2 Å². The number of carbonyl (C=O) groups is 2. The standard InChI is InChI=1S/C24H23N3O4S/c28-22(16-8-10-18-19(13-16)31-14-30-18)27-24-26-21-17(9-11-20(21)32-24)23(29)25-12-4-7-15-5-2-1-3-6-15/h1-3,5-6,8,10,13,17H,4,7,9,11-12,14H2,(H,25,29)(H,26,27,28). The predicted octanol–water partition coefficient (Wildman–Crippen LogP) is 3.90. The lowest BCUT2D eigenvalue weighted by Gasteiger charge is -2.11. The average molecular weight is 450 g/mol. The molecule has 0 saturated carbocycles. The van der Waals surface area contributed by atoms with Crippen LogP contribution in [0, 0.1) is 0 Å². The third-order valence-electron chi connectivity index (χ3n) is 5.67. The highest BCUT2D eigenvalue weighted by Gasteiger charge is 2.32. The summed E-state index contributed by atoms with van der Waals surface area (Å²) in [4.78, 5) is 31.0. The molecule has 164 valence electrons. The molecule has 2 aromatic carbocycles. The number of hydrogen-bond donors (Lipinski definition) is 2. The van der Waals surface area contributed by atoms with Crippen LogP contribution in [0.4, 0.5) is 5.13 Å². The Morgan fingerprint density at radius 1 is 1.09 bits per heavy atom. The lowest BCUT2D eigenvalue weighted by atomic mass is 10.1. The van der Waals surface area contributed by atoms with E-state index in [9.17, 15) is 9.59 Å². The SMILES string of the molecule is O=C(Nc1nc2c(s1)CCC2C(=O)NCCCc1ccccc1)c1ccc2c(c1)OCO2. The first kappa shape index (κ1) is 20.5. The van der Waals surface area contributed by atoms with Crippen LogP contribution < -0.4 is 20.1 Å². The van der Waals surface area contributed by atoms with Gasteiger partial charge in [0.05, 0.1) is 11.6 Å². The van der Waals surface area contributed by atoms with Crippen LogP contribution in [0.5, 0.6) is 11.5 Å². The molecule has 0 spiro atoms. The van der Waals surface area contributed by atoms with Crippen LogP contribution in [-0.2, 0) is 17.6 Å². The van der Waals surface area contributed by atoms with Crippen molar-refractivity contribution < 1.29 is 19.1 Å². The number of nitrogens with zero attached hydrogens (tertiary/aromatic N) is 1. The van der Waals surface area contributed by atoms with Crippen molar-refractivity contribution in [2.24, 2.45) is 0 Å². The van der Waals surface area contributed by atoms with Crippen molar-refractivity contribution in [3.8, 4) is 11.5 Å². The number of hydrogen-bond acceptors (Lipinski definition) is 6. The highest BCUT2D eigenvalue weighted by molar-refractivity contribution is 7.16. The van der Waals surface area contributed by atoms with Gasteiger partial charge < -0.3 is 14.8 Å². The van der Waals surface area contributed by atoms with Gasteiger partial charge in [0.1, 0.15) is 0 Å². The van der Waals surface area contributed by atoms with Crippen molar-refractivity contribution in [2.45, 2.75) is 31.6 Å². The Morgan fingerprint density at radius 2 is 1.94 bits per heavy atom. The summed E-state index contributed by atoms with van der Waals surface area (Å²) in [5.41, 5.74) is 2.53. The van der Waals surface area contributed by atoms with Gasteiger partial charge in [0.2, 0.25) is 12.7 Å². The van der Waals surface area contributed by atoms with Crippen molar-refractivity contribution in [1.82, 2.24) is 10.3 Å². The minimum absolute atomic E-state index is 0.00996. The van der Waals surface area contributed by atoms with Gasteiger partial charge in [-0.3, -0.25) is 14.9 Å². The van der Waals surface area contributed by atoms with Crippen molar-refractivity contribution in [1.29, 1.82) is 0 Å². The molecule has 0 bridgehead atoms. The normalized spacial score (nSPS) is 15.9. The van der Waals surface area contributed by atoms with Crippen molar-refractivity contribution in [3.05, 3.63) is 70.2 Å². The van der Waals surface area contributed by atoms with Crippen LogP contribution >= 0.6 is 11.3 Å². The number of carbonyl (C=O) groups excluding carboxylic acids is 2. The predicted molar refractivity (Wildman–Crippen MR) is 121 cm³/mol. The zero-order valence-electron chi connectivity index (χ0n) is 17.4. The van der Waals surface area contributed by atoms with Gasteiger partial charge in [-0.2, -0.15) is 0 Å². The molecule has 32 heavy (non-hydrogen) atoms. The number of thiazole rings is 1. The molecule has 0 saturated heterocycles. The van der Waals surface area contributed by atoms with E-state index in [1.165, 1.54) is 16.9 Å². The zero-order chi connectivity index (χ0) is 21.9. The fraction of sp³-hybridized carbons (Fsp3) is 0.292. The van der Waals surface area contributed by atoms with E-state index in [-0.39, 0.29) is 24.5 Å². The first-order valence-electron chi connectivity index (χ1n) is 10.7. The van der Waals surface area contributed by atoms with E-state index in [0.29, 0.717) is 28.7 Å². The van der Waals surface area contributed by atoms with Crippen molar-refractivity contribution in [2.75, 3.05) is 18.7 Å². The van der Waals surface area contributed by atoms with Gasteiger partial charge >= 0.3 is 0 Å². The molecule has 0 fully saturated rings. The topological polar surface area (TPSA) is 89.6 Å². The molecule has 8 heteroatoms. The summed E-state index contributed by atoms with van der Waals surface area (Å²) in [6, 6.07) is 15.3. The summed E-state index contributed by atoms with van der Waals surface area (Å²) >= 11 is 1.44. The number of aromatic nitrogens is 1. The summed E-state index contributed by atoms with van der Waals surface area (Å²) in [5, 5.41) is 6.41. The van der Waals surface area contributed by atoms with Crippen LogP contribution in [0.2, 0.25) is 0 Å². The number of fused-ring (bicyclic) bond motifs is 2. The number of rotatable bonds is 7. The molecule has 7 nitrogen and oxygen atoms in total. The van der Waals surface area contributed by atoms with Gasteiger partial charge in [0, 0.05) is 17.0 Å². The highest BCUT2D eigenvalue weighted by atomic mass is 32.1. The van der Waals surface area contributed by atoms with Gasteiger partial charge in [0.15, 0.2) is 16.6 Å². The molecule has 1 aliphatic heterocycles. The Labute approximate surface area is 189 Å². The Bertz CT molecular complexity index is 1150. The molecule has 5 rings (SSSR count). The minimum atomic E-state index is -0.266. The first-order valence-corrected chi connectivity index (χ1v) is 11.5. The van der Waals surface area contributed by atoms with Crippen molar-refractivity contribution in [3.63, 3.8) is 0 Å². The van der Waals surface area contributed by atoms with Crippen molar-refractivity contribution >= 4 is 28.3 Å². The Hall–Kier alpha value is -3.39. The van der Waals surface area contributed by atoms with E-state index in [2.05, 4.69) is 27.8 Å². The maximum atomic E-state index is 12.7. The van der Waals surface area contributed by atoms with E-state index in [4.69, 9.17) is 9.47 Å². The second kappa shape index (κ2) is 9.00. The molecule has 2 N–H and O–H groups in total. The molecule has 2 heterocycles. The number of anilines is 1. The molecular weight excluding hydrogens is 426 g/mol. The van der Waals surface area contributed by atoms with Gasteiger partial charge in [-0.05, 0) is 49.4 Å². The monoisotopic (exact) mass is 449 g/mol. The number of amides is 2.